The summed E-state index contributed by atoms with van der Waals surface area (Å²) in [5, 5.41) is 0. The minimum atomic E-state index is -0.425. The number of carbonyl (C=O) groups excluding carboxylic acids is 2. The highest BCUT2D eigenvalue weighted by molar-refractivity contribution is 5.94. The van der Waals surface area contributed by atoms with Crippen molar-refractivity contribution in [3.8, 4) is 0 Å². The standard InChI is InChI=1S/C15H19FN2O3/c1-2-21-11-14(19)17-6-8-18(9-7-17)15(20)12-4-3-5-13(16)10-12/h3-5,10H,2,6-9,11H2,1H3. The zero-order valence-corrected chi connectivity index (χ0v) is 12.0. The third-order valence-electron chi connectivity index (χ3n) is 3.42. The Morgan fingerprint density at radius 3 is 2.48 bits per heavy atom. The Hall–Kier alpha value is -1.95. The Bertz CT molecular complexity index is 513. The fraction of sp³-hybridized carbons (Fsp3) is 0.467. The van der Waals surface area contributed by atoms with Crippen molar-refractivity contribution >= 4 is 11.8 Å². The highest BCUT2D eigenvalue weighted by Gasteiger charge is 2.24. The highest BCUT2D eigenvalue weighted by atomic mass is 19.1. The molecule has 114 valence electrons. The lowest BCUT2D eigenvalue weighted by atomic mass is 10.1. The van der Waals surface area contributed by atoms with Crippen molar-refractivity contribution in [2.75, 3.05) is 39.4 Å². The van der Waals surface area contributed by atoms with Gasteiger partial charge in [0.15, 0.2) is 0 Å². The molecule has 0 saturated carbocycles. The molecular weight excluding hydrogens is 275 g/mol. The van der Waals surface area contributed by atoms with Crippen molar-refractivity contribution in [3.05, 3.63) is 35.6 Å². The molecule has 2 rings (SSSR count). The molecule has 0 bridgehead atoms. The molecule has 1 saturated heterocycles. The molecule has 0 radical (unpaired) electrons. The van der Waals surface area contributed by atoms with Gasteiger partial charge >= 0.3 is 0 Å². The molecule has 6 heteroatoms. The van der Waals surface area contributed by atoms with Gasteiger partial charge in [0.2, 0.25) is 5.91 Å². The number of halogens is 1. The minimum Gasteiger partial charge on any atom is -0.372 e. The third kappa shape index (κ3) is 4.01. The summed E-state index contributed by atoms with van der Waals surface area (Å²) in [5.74, 6) is -0.688. The molecule has 0 atom stereocenters. The van der Waals surface area contributed by atoms with Crippen LogP contribution in [0.25, 0.3) is 0 Å². The van der Waals surface area contributed by atoms with E-state index in [1.807, 2.05) is 6.92 Å². The SMILES string of the molecule is CCOCC(=O)N1CCN(C(=O)c2cccc(F)c2)CC1. The van der Waals surface area contributed by atoms with Crippen molar-refractivity contribution in [3.63, 3.8) is 0 Å². The fourth-order valence-corrected chi connectivity index (χ4v) is 2.24. The number of carbonyl (C=O) groups is 2. The zero-order valence-electron chi connectivity index (χ0n) is 12.0. The maximum atomic E-state index is 13.1. The van der Waals surface area contributed by atoms with Crippen LogP contribution >= 0.6 is 0 Å². The van der Waals surface area contributed by atoms with E-state index in [1.54, 1.807) is 15.9 Å². The Morgan fingerprint density at radius 1 is 1.19 bits per heavy atom. The quantitative estimate of drug-likeness (QED) is 0.837. The molecule has 1 fully saturated rings. The van der Waals surface area contributed by atoms with Gasteiger partial charge in [-0.1, -0.05) is 6.07 Å². The van der Waals surface area contributed by atoms with Crippen molar-refractivity contribution < 1.29 is 18.7 Å². The summed E-state index contributed by atoms with van der Waals surface area (Å²) in [4.78, 5) is 27.4. The second kappa shape index (κ2) is 7.17. The zero-order chi connectivity index (χ0) is 15.2. The molecule has 21 heavy (non-hydrogen) atoms. The lowest BCUT2D eigenvalue weighted by Crippen LogP contribution is -2.51. The van der Waals surface area contributed by atoms with Crippen LogP contribution in [0.4, 0.5) is 4.39 Å². The third-order valence-corrected chi connectivity index (χ3v) is 3.42. The summed E-state index contributed by atoms with van der Waals surface area (Å²) in [6, 6.07) is 5.65. The average Bonchev–Trinajstić information content (AvgIpc) is 2.52. The first-order chi connectivity index (χ1) is 10.1. The molecular formula is C15H19FN2O3. The predicted octanol–water partition coefficient (Wildman–Crippen LogP) is 1.15. The van der Waals surface area contributed by atoms with Crippen LogP contribution in [0, 0.1) is 5.82 Å². The molecule has 1 aromatic rings. The molecule has 5 nitrogen and oxygen atoms in total. The topological polar surface area (TPSA) is 49.9 Å². The van der Waals surface area contributed by atoms with E-state index in [2.05, 4.69) is 0 Å². The maximum absolute atomic E-state index is 13.1. The number of ether oxygens (including phenoxy) is 1. The second-order valence-electron chi connectivity index (χ2n) is 4.82. The van der Waals surface area contributed by atoms with Gasteiger partial charge in [0, 0.05) is 38.3 Å². The molecule has 0 N–H and O–H groups in total. The normalized spacial score (nSPS) is 15.1. The lowest BCUT2D eigenvalue weighted by molar-refractivity contribution is -0.137. The number of amides is 2. The molecule has 1 aliphatic rings. The number of rotatable bonds is 4. The Morgan fingerprint density at radius 2 is 1.86 bits per heavy atom. The summed E-state index contributed by atoms with van der Waals surface area (Å²) in [5.41, 5.74) is 0.337. The van der Waals surface area contributed by atoms with Gasteiger partial charge in [-0.15, -0.1) is 0 Å². The highest BCUT2D eigenvalue weighted by Crippen LogP contribution is 2.10. The number of nitrogens with zero attached hydrogens (tertiary/aromatic N) is 2. The molecule has 1 heterocycles. The van der Waals surface area contributed by atoms with Crippen LogP contribution in [-0.4, -0.2) is 61.0 Å². The molecule has 0 aromatic heterocycles. The van der Waals surface area contributed by atoms with Gasteiger partial charge in [-0.2, -0.15) is 0 Å². The van der Waals surface area contributed by atoms with Crippen LogP contribution in [0.15, 0.2) is 24.3 Å². The molecule has 0 spiro atoms. The number of hydrogen-bond donors (Lipinski definition) is 0. The Labute approximate surface area is 123 Å². The monoisotopic (exact) mass is 294 g/mol. The Kier molecular flexibility index (Phi) is 5.27. The van der Waals surface area contributed by atoms with E-state index in [9.17, 15) is 14.0 Å². The van der Waals surface area contributed by atoms with E-state index in [1.165, 1.54) is 18.2 Å². The van der Waals surface area contributed by atoms with E-state index >= 15 is 0 Å². The number of hydrogen-bond acceptors (Lipinski definition) is 3. The van der Waals surface area contributed by atoms with Crippen molar-refractivity contribution in [2.45, 2.75) is 6.92 Å². The van der Waals surface area contributed by atoms with Crippen LogP contribution in [0.3, 0.4) is 0 Å². The van der Waals surface area contributed by atoms with Gasteiger partial charge in [-0.25, -0.2) is 4.39 Å². The van der Waals surface area contributed by atoms with Gasteiger partial charge in [0.1, 0.15) is 12.4 Å². The Balaban J connectivity index is 1.89. The first-order valence-electron chi connectivity index (χ1n) is 7.02. The smallest absolute Gasteiger partial charge is 0.254 e. The molecule has 1 aromatic carbocycles. The number of benzene rings is 1. The van der Waals surface area contributed by atoms with Crippen molar-refractivity contribution in [1.82, 2.24) is 9.80 Å². The fourth-order valence-electron chi connectivity index (χ4n) is 2.24. The summed E-state index contributed by atoms with van der Waals surface area (Å²) in [7, 11) is 0. The van der Waals surface area contributed by atoms with Crippen LogP contribution in [-0.2, 0) is 9.53 Å². The molecule has 1 aliphatic heterocycles. The lowest BCUT2D eigenvalue weighted by Gasteiger charge is -2.34. The summed E-state index contributed by atoms with van der Waals surface area (Å²) in [6.07, 6.45) is 0. The van der Waals surface area contributed by atoms with Crippen LogP contribution < -0.4 is 0 Å². The minimum absolute atomic E-state index is 0.0605. The van der Waals surface area contributed by atoms with Gasteiger partial charge in [-0.05, 0) is 25.1 Å². The maximum Gasteiger partial charge on any atom is 0.254 e. The van der Waals surface area contributed by atoms with E-state index in [0.29, 0.717) is 38.3 Å². The van der Waals surface area contributed by atoms with Gasteiger partial charge in [0.05, 0.1) is 0 Å². The van der Waals surface area contributed by atoms with Crippen LogP contribution in [0.5, 0.6) is 0 Å². The predicted molar refractivity (Wildman–Crippen MR) is 75.4 cm³/mol. The van der Waals surface area contributed by atoms with Gasteiger partial charge < -0.3 is 14.5 Å². The molecule has 2 amide bonds. The van der Waals surface area contributed by atoms with E-state index in [-0.39, 0.29) is 18.4 Å². The van der Waals surface area contributed by atoms with E-state index in [4.69, 9.17) is 4.74 Å². The first kappa shape index (κ1) is 15.4. The van der Waals surface area contributed by atoms with E-state index in [0.717, 1.165) is 0 Å². The number of piperazine rings is 1. The molecule has 0 aliphatic carbocycles. The largest absolute Gasteiger partial charge is 0.372 e. The average molecular weight is 294 g/mol. The first-order valence-corrected chi connectivity index (χ1v) is 7.02. The van der Waals surface area contributed by atoms with Crippen molar-refractivity contribution in [1.29, 1.82) is 0 Å². The summed E-state index contributed by atoms with van der Waals surface area (Å²) >= 11 is 0. The molecule has 0 unspecified atom stereocenters. The van der Waals surface area contributed by atoms with Crippen molar-refractivity contribution in [2.24, 2.45) is 0 Å². The van der Waals surface area contributed by atoms with Gasteiger partial charge in [-0.3, -0.25) is 9.59 Å². The van der Waals surface area contributed by atoms with Gasteiger partial charge in [0.25, 0.3) is 5.91 Å². The second-order valence-corrected chi connectivity index (χ2v) is 4.82. The summed E-state index contributed by atoms with van der Waals surface area (Å²) in [6.45, 7) is 4.28. The van der Waals surface area contributed by atoms with Crippen LogP contribution in [0.2, 0.25) is 0 Å². The van der Waals surface area contributed by atoms with E-state index < -0.39 is 5.82 Å². The summed E-state index contributed by atoms with van der Waals surface area (Å²) < 4.78 is 18.2. The van der Waals surface area contributed by atoms with Crippen LogP contribution in [0.1, 0.15) is 17.3 Å².